The highest BCUT2D eigenvalue weighted by Gasteiger charge is 2.29. The minimum atomic E-state index is -1.63. The van der Waals surface area contributed by atoms with Crippen molar-refractivity contribution in [2.24, 2.45) is 11.7 Å². The number of methoxy groups -OCH3 is 4. The molecule has 2 atom stereocenters. The number of carbonyl (C=O) groups excluding carboxylic acids is 1. The number of benzene rings is 2. The first kappa shape index (κ1) is 24.3. The molecule has 0 fully saturated rings. The fraction of sp³-hybridized carbons (Fsp3) is 0.435. The summed E-state index contributed by atoms with van der Waals surface area (Å²) in [5.41, 5.74) is 5.89. The van der Waals surface area contributed by atoms with Crippen LogP contribution in [0.3, 0.4) is 0 Å². The van der Waals surface area contributed by atoms with Gasteiger partial charge >= 0.3 is 5.97 Å². The number of carbonyl (C=O) groups is 1. The van der Waals surface area contributed by atoms with Crippen molar-refractivity contribution in [2.75, 3.05) is 35.0 Å². The third-order valence-corrected chi connectivity index (χ3v) is 4.86. The Balaban J connectivity index is 2.02. The number of rotatable bonds is 11. The molecule has 2 aromatic rings. The van der Waals surface area contributed by atoms with Crippen molar-refractivity contribution >= 4 is 5.97 Å². The van der Waals surface area contributed by atoms with Crippen LogP contribution >= 0.6 is 0 Å². The van der Waals surface area contributed by atoms with Crippen LogP contribution in [0.4, 0.5) is 0 Å². The van der Waals surface area contributed by atoms with E-state index in [4.69, 9.17) is 24.7 Å². The van der Waals surface area contributed by atoms with E-state index in [1.807, 2.05) is 19.1 Å². The summed E-state index contributed by atoms with van der Waals surface area (Å²) in [5.74, 6) is 1.55. The molecule has 0 aliphatic carbocycles. The number of hydrogen-bond acceptors (Lipinski definition) is 8. The normalized spacial score (nSPS) is 13.6. The molecule has 0 saturated heterocycles. The standard InChI is InChI=1S/C23H31NO7/c1-15(14-31-18-8-6-16(7-9-18)10-21(25)29-4)13-23(24,26)17-11-19(27-2)22(30-5)20(12-17)28-3/h6-9,11-12,15,26H,10,13-14,24H2,1-5H3. The second kappa shape index (κ2) is 10.9. The molecule has 3 N–H and O–H groups in total. The summed E-state index contributed by atoms with van der Waals surface area (Å²) in [6.45, 7) is 2.28. The molecule has 0 aliphatic heterocycles. The molecule has 0 saturated carbocycles. The van der Waals surface area contributed by atoms with E-state index in [-0.39, 0.29) is 24.7 Å². The first-order valence-electron chi connectivity index (χ1n) is 9.84. The molecule has 8 heteroatoms. The quantitative estimate of drug-likeness (QED) is 0.411. The Kier molecular flexibility index (Phi) is 8.53. The zero-order chi connectivity index (χ0) is 23.0. The highest BCUT2D eigenvalue weighted by molar-refractivity contribution is 5.72. The van der Waals surface area contributed by atoms with E-state index in [9.17, 15) is 9.90 Å². The van der Waals surface area contributed by atoms with E-state index in [1.54, 1.807) is 24.3 Å². The summed E-state index contributed by atoms with van der Waals surface area (Å²) >= 11 is 0. The highest BCUT2D eigenvalue weighted by Crippen LogP contribution is 2.41. The number of ether oxygens (including phenoxy) is 5. The van der Waals surface area contributed by atoms with Gasteiger partial charge in [0, 0.05) is 5.56 Å². The van der Waals surface area contributed by atoms with Gasteiger partial charge in [-0.2, -0.15) is 0 Å². The van der Waals surface area contributed by atoms with Crippen LogP contribution in [0.15, 0.2) is 36.4 Å². The zero-order valence-corrected chi connectivity index (χ0v) is 18.6. The first-order chi connectivity index (χ1) is 14.7. The average Bonchev–Trinajstić information content (AvgIpc) is 2.76. The van der Waals surface area contributed by atoms with Crippen LogP contribution in [0.1, 0.15) is 24.5 Å². The predicted octanol–water partition coefficient (Wildman–Crippen LogP) is 2.64. The summed E-state index contributed by atoms with van der Waals surface area (Å²) in [7, 11) is 5.88. The molecule has 0 bridgehead atoms. The van der Waals surface area contributed by atoms with Crippen molar-refractivity contribution in [2.45, 2.75) is 25.5 Å². The molecule has 2 aromatic carbocycles. The topological polar surface area (TPSA) is 109 Å². The van der Waals surface area contributed by atoms with Crippen molar-refractivity contribution in [1.82, 2.24) is 0 Å². The molecule has 0 spiro atoms. The predicted molar refractivity (Wildman–Crippen MR) is 116 cm³/mol. The summed E-state index contributed by atoms with van der Waals surface area (Å²) in [5, 5.41) is 10.9. The number of esters is 1. The van der Waals surface area contributed by atoms with Crippen LogP contribution in [-0.4, -0.2) is 46.1 Å². The second-order valence-electron chi connectivity index (χ2n) is 7.36. The van der Waals surface area contributed by atoms with Crippen LogP contribution in [0.5, 0.6) is 23.0 Å². The van der Waals surface area contributed by atoms with Gasteiger partial charge in [0.05, 0.1) is 41.5 Å². The lowest BCUT2D eigenvalue weighted by atomic mass is 9.92. The molecule has 2 rings (SSSR count). The summed E-state index contributed by atoms with van der Waals surface area (Å²) < 4.78 is 26.5. The van der Waals surface area contributed by atoms with Crippen LogP contribution in [-0.2, 0) is 21.7 Å². The molecule has 8 nitrogen and oxygen atoms in total. The molecule has 0 aliphatic rings. The van der Waals surface area contributed by atoms with Gasteiger partial charge in [0.15, 0.2) is 11.5 Å². The monoisotopic (exact) mass is 433 g/mol. The molecule has 2 unspecified atom stereocenters. The Bertz CT molecular complexity index is 840. The van der Waals surface area contributed by atoms with Gasteiger partial charge in [-0.15, -0.1) is 0 Å². The van der Waals surface area contributed by atoms with E-state index in [2.05, 4.69) is 4.74 Å². The molecule has 0 radical (unpaired) electrons. The Hall–Kier alpha value is -2.97. The summed E-state index contributed by atoms with van der Waals surface area (Å²) in [6, 6.07) is 10.5. The second-order valence-corrected chi connectivity index (χ2v) is 7.36. The van der Waals surface area contributed by atoms with Gasteiger partial charge in [-0.25, -0.2) is 0 Å². The lowest BCUT2D eigenvalue weighted by Gasteiger charge is -2.28. The average molecular weight is 434 g/mol. The van der Waals surface area contributed by atoms with Crippen LogP contribution in [0.2, 0.25) is 0 Å². The fourth-order valence-electron chi connectivity index (χ4n) is 3.22. The maximum absolute atomic E-state index is 11.3. The minimum Gasteiger partial charge on any atom is -0.493 e. The molecule has 31 heavy (non-hydrogen) atoms. The van der Waals surface area contributed by atoms with Gasteiger partial charge in [-0.05, 0) is 42.2 Å². The van der Waals surface area contributed by atoms with Crippen molar-refractivity contribution in [3.8, 4) is 23.0 Å². The lowest BCUT2D eigenvalue weighted by molar-refractivity contribution is -0.139. The van der Waals surface area contributed by atoms with E-state index in [0.29, 0.717) is 35.2 Å². The molecular weight excluding hydrogens is 402 g/mol. The molecule has 0 amide bonds. The Morgan fingerprint density at radius 3 is 2.10 bits per heavy atom. The third-order valence-electron chi connectivity index (χ3n) is 4.86. The Morgan fingerprint density at radius 1 is 1.03 bits per heavy atom. The van der Waals surface area contributed by atoms with Crippen LogP contribution < -0.4 is 24.7 Å². The van der Waals surface area contributed by atoms with Gasteiger partial charge in [-0.3, -0.25) is 10.5 Å². The van der Waals surface area contributed by atoms with Gasteiger partial charge in [0.2, 0.25) is 5.75 Å². The van der Waals surface area contributed by atoms with Crippen molar-refractivity contribution in [3.05, 3.63) is 47.5 Å². The number of nitrogens with two attached hydrogens (primary N) is 1. The molecule has 0 aromatic heterocycles. The molecular formula is C23H31NO7. The Morgan fingerprint density at radius 2 is 1.61 bits per heavy atom. The van der Waals surface area contributed by atoms with Gasteiger partial charge in [0.25, 0.3) is 0 Å². The van der Waals surface area contributed by atoms with E-state index in [0.717, 1.165) is 5.56 Å². The highest BCUT2D eigenvalue weighted by atomic mass is 16.5. The van der Waals surface area contributed by atoms with Crippen LogP contribution in [0, 0.1) is 5.92 Å². The third kappa shape index (κ3) is 6.50. The summed E-state index contributed by atoms with van der Waals surface area (Å²) in [4.78, 5) is 11.3. The van der Waals surface area contributed by atoms with Gasteiger partial charge in [0.1, 0.15) is 11.5 Å². The van der Waals surface area contributed by atoms with E-state index in [1.165, 1.54) is 28.4 Å². The number of aliphatic hydroxyl groups is 1. The van der Waals surface area contributed by atoms with Crippen molar-refractivity contribution in [3.63, 3.8) is 0 Å². The van der Waals surface area contributed by atoms with Crippen molar-refractivity contribution in [1.29, 1.82) is 0 Å². The smallest absolute Gasteiger partial charge is 0.309 e. The molecule has 170 valence electrons. The number of hydrogen-bond donors (Lipinski definition) is 2. The minimum absolute atomic E-state index is 0.0659. The SMILES string of the molecule is COC(=O)Cc1ccc(OCC(C)CC(N)(O)c2cc(OC)c(OC)c(OC)c2)cc1. The maximum atomic E-state index is 11.3. The van der Waals surface area contributed by atoms with Gasteiger partial charge < -0.3 is 28.8 Å². The largest absolute Gasteiger partial charge is 0.493 e. The van der Waals surface area contributed by atoms with E-state index >= 15 is 0 Å². The molecule has 0 heterocycles. The van der Waals surface area contributed by atoms with E-state index < -0.39 is 5.72 Å². The van der Waals surface area contributed by atoms with Crippen molar-refractivity contribution < 1.29 is 33.6 Å². The maximum Gasteiger partial charge on any atom is 0.309 e. The van der Waals surface area contributed by atoms with Gasteiger partial charge in [-0.1, -0.05) is 19.1 Å². The Labute approximate surface area is 182 Å². The summed E-state index contributed by atoms with van der Waals surface area (Å²) in [6.07, 6.45) is 0.453. The van der Waals surface area contributed by atoms with Crippen LogP contribution in [0.25, 0.3) is 0 Å². The zero-order valence-electron chi connectivity index (χ0n) is 18.6. The lowest BCUT2D eigenvalue weighted by Crippen LogP contribution is -2.39. The fourth-order valence-corrected chi connectivity index (χ4v) is 3.22. The first-order valence-corrected chi connectivity index (χ1v) is 9.84.